The summed E-state index contributed by atoms with van der Waals surface area (Å²) in [5.41, 5.74) is -1.64. The first-order valence-electron chi connectivity index (χ1n) is 17.7. The summed E-state index contributed by atoms with van der Waals surface area (Å²) in [5, 5.41) is 5.49. The molecule has 4 aliphatic rings. The lowest BCUT2D eigenvalue weighted by molar-refractivity contribution is -0.140. The third-order valence-electron chi connectivity index (χ3n) is 10.2. The van der Waals surface area contributed by atoms with Crippen molar-refractivity contribution < 1.29 is 45.4 Å². The third-order valence-corrected chi connectivity index (χ3v) is 12.9. The van der Waals surface area contributed by atoms with Crippen LogP contribution in [0.25, 0.3) is 10.2 Å². The van der Waals surface area contributed by atoms with Gasteiger partial charge in [0.1, 0.15) is 29.5 Å². The zero-order chi connectivity index (χ0) is 37.5. The number of rotatable bonds is 8. The number of thiazole rings is 1. The second-order valence-corrected chi connectivity index (χ2v) is 17.0. The number of sulfonamides is 1. The summed E-state index contributed by atoms with van der Waals surface area (Å²) in [4.78, 5) is 48.3. The van der Waals surface area contributed by atoms with E-state index < -0.39 is 74.4 Å². The molecule has 3 N–H and O–H groups in total. The molecule has 1 aromatic heterocycles. The minimum Gasteiger partial charge on any atom is -0.497 e. The van der Waals surface area contributed by atoms with Gasteiger partial charge in [-0.25, -0.2) is 13.4 Å². The molecule has 0 spiro atoms. The fourth-order valence-corrected chi connectivity index (χ4v) is 9.31. The van der Waals surface area contributed by atoms with Gasteiger partial charge in [-0.2, -0.15) is 13.2 Å². The number of hydrogen-bond donors (Lipinski definition) is 3. The highest BCUT2D eigenvalue weighted by Gasteiger charge is 2.62. The lowest BCUT2D eigenvalue weighted by Gasteiger charge is -2.30. The fraction of sp³-hybridized carbons (Fsp3) is 0.500. The maximum atomic E-state index is 14.5. The Balaban J connectivity index is 1.19. The first-order valence-corrected chi connectivity index (χ1v) is 20.0. The average Bonchev–Trinajstić information content (AvgIpc) is 4.01. The van der Waals surface area contributed by atoms with Crippen LogP contribution in [0.1, 0.15) is 63.4 Å². The van der Waals surface area contributed by atoms with E-state index >= 15 is 0 Å². The van der Waals surface area contributed by atoms with Crippen LogP contribution in [-0.4, -0.2) is 78.7 Å². The molecule has 3 fully saturated rings. The number of carbonyl (C=O) groups excluding carboxylic acids is 3. The van der Waals surface area contributed by atoms with Gasteiger partial charge in [0, 0.05) is 18.0 Å². The van der Waals surface area contributed by atoms with Crippen molar-refractivity contribution in [3.63, 3.8) is 0 Å². The minimum absolute atomic E-state index is 0.0195. The predicted molar refractivity (Wildman–Crippen MR) is 191 cm³/mol. The Morgan fingerprint density at radius 3 is 2.66 bits per heavy atom. The summed E-state index contributed by atoms with van der Waals surface area (Å²) < 4.78 is 80.9. The number of ether oxygens (including phenoxy) is 2. The topological polar surface area (TPSA) is 156 Å². The molecule has 1 saturated heterocycles. The van der Waals surface area contributed by atoms with Crippen molar-refractivity contribution >= 4 is 55.0 Å². The summed E-state index contributed by atoms with van der Waals surface area (Å²) in [6.07, 6.45) is 2.48. The number of hydrogen-bond acceptors (Lipinski definition) is 10. The zero-order valence-corrected chi connectivity index (χ0v) is 30.5. The van der Waals surface area contributed by atoms with Gasteiger partial charge in [-0.05, 0) is 74.9 Å². The molecular weight excluding hydrogens is 736 g/mol. The Bertz CT molecular complexity index is 2040. The summed E-state index contributed by atoms with van der Waals surface area (Å²) in [6.45, 7) is -0.0461. The van der Waals surface area contributed by atoms with Crippen LogP contribution >= 0.6 is 11.3 Å². The Kier molecular flexibility index (Phi) is 10.1. The fourth-order valence-electron chi connectivity index (χ4n) is 7.04. The average molecular weight is 776 g/mol. The Morgan fingerprint density at radius 2 is 1.91 bits per heavy atom. The Hall–Kier alpha value is -4.38. The molecule has 3 heterocycles. The minimum atomic E-state index is -4.59. The maximum absolute atomic E-state index is 14.5. The van der Waals surface area contributed by atoms with E-state index in [0.717, 1.165) is 23.3 Å². The van der Waals surface area contributed by atoms with Crippen LogP contribution < -0.4 is 24.8 Å². The molecule has 5 atom stereocenters. The quantitative estimate of drug-likeness (QED) is 0.264. The smallest absolute Gasteiger partial charge is 0.416 e. The third kappa shape index (κ3) is 8.10. The summed E-state index contributed by atoms with van der Waals surface area (Å²) in [5.74, 6) is -1.83. The van der Waals surface area contributed by atoms with Gasteiger partial charge in [-0.1, -0.05) is 42.4 Å². The van der Waals surface area contributed by atoms with Crippen molar-refractivity contribution in [3.8, 4) is 10.9 Å². The van der Waals surface area contributed by atoms with Crippen LogP contribution in [0.3, 0.4) is 0 Å². The molecule has 7 rings (SSSR count). The molecule has 17 heteroatoms. The highest BCUT2D eigenvalue weighted by Crippen LogP contribution is 2.46. The van der Waals surface area contributed by atoms with E-state index in [2.05, 4.69) is 20.3 Å². The second kappa shape index (κ2) is 14.5. The highest BCUT2D eigenvalue weighted by molar-refractivity contribution is 7.91. The SMILES string of the molecule is COc1ccc2nc(O[C@@H]3C[C@H]4C(=O)N[C@]5(C(=O)NS(=O)(=O)C6CC6)C[C@H]5C=CCCCCC[C@H](Nc5cccc(C(F)(F)F)c5)C(=O)N4C3)sc2c1. The second-order valence-electron chi connectivity index (χ2n) is 14.1. The number of methoxy groups -OCH3 is 1. The van der Waals surface area contributed by atoms with E-state index in [4.69, 9.17) is 9.47 Å². The van der Waals surface area contributed by atoms with Gasteiger partial charge in [0.15, 0.2) is 0 Å². The molecule has 0 bridgehead atoms. The number of allylic oxidation sites excluding steroid dienone is 1. The van der Waals surface area contributed by atoms with Crippen LogP contribution in [0, 0.1) is 5.92 Å². The van der Waals surface area contributed by atoms with Crippen LogP contribution in [0.4, 0.5) is 18.9 Å². The number of benzene rings is 2. The number of anilines is 1. The molecule has 12 nitrogen and oxygen atoms in total. The van der Waals surface area contributed by atoms with Gasteiger partial charge in [0.05, 0.1) is 34.7 Å². The van der Waals surface area contributed by atoms with E-state index in [-0.39, 0.29) is 31.5 Å². The molecular formula is C36H40F3N5O7S2. The van der Waals surface area contributed by atoms with E-state index in [1.807, 2.05) is 18.2 Å². The summed E-state index contributed by atoms with van der Waals surface area (Å²) in [7, 11) is -2.37. The van der Waals surface area contributed by atoms with E-state index in [1.165, 1.54) is 28.4 Å². The van der Waals surface area contributed by atoms with Gasteiger partial charge in [-0.3, -0.25) is 19.1 Å². The number of amides is 3. The number of aromatic nitrogens is 1. The van der Waals surface area contributed by atoms with Crippen LogP contribution in [0.15, 0.2) is 54.6 Å². The molecule has 2 aliphatic heterocycles. The Morgan fingerprint density at radius 1 is 1.09 bits per heavy atom. The first-order chi connectivity index (χ1) is 25.3. The zero-order valence-electron chi connectivity index (χ0n) is 28.9. The van der Waals surface area contributed by atoms with Gasteiger partial charge in [-0.15, -0.1) is 0 Å². The number of alkyl halides is 3. The lowest BCUT2D eigenvalue weighted by Crippen LogP contribution is -2.57. The molecule has 0 radical (unpaired) electrons. The molecule has 2 aromatic carbocycles. The molecule has 3 amide bonds. The van der Waals surface area contributed by atoms with Gasteiger partial charge < -0.3 is 25.0 Å². The summed E-state index contributed by atoms with van der Waals surface area (Å²) >= 11 is 1.27. The van der Waals surface area contributed by atoms with Crippen molar-refractivity contribution in [2.45, 2.75) is 92.9 Å². The van der Waals surface area contributed by atoms with Crippen molar-refractivity contribution in [1.82, 2.24) is 19.9 Å². The van der Waals surface area contributed by atoms with Crippen molar-refractivity contribution in [1.29, 1.82) is 0 Å². The molecule has 3 aromatic rings. The number of carbonyl (C=O) groups is 3. The lowest BCUT2D eigenvalue weighted by atomic mass is 10.0. The number of fused-ring (bicyclic) bond motifs is 3. The molecule has 2 saturated carbocycles. The summed E-state index contributed by atoms with van der Waals surface area (Å²) in [6, 6.07) is 7.84. The van der Waals surface area contributed by atoms with E-state index in [9.17, 15) is 36.0 Å². The van der Waals surface area contributed by atoms with E-state index in [1.54, 1.807) is 19.2 Å². The molecule has 0 unspecified atom stereocenters. The van der Waals surface area contributed by atoms with Gasteiger partial charge >= 0.3 is 6.18 Å². The Labute approximate surface area is 308 Å². The molecule has 2 aliphatic carbocycles. The van der Waals surface area contributed by atoms with Gasteiger partial charge in [0.2, 0.25) is 21.8 Å². The van der Waals surface area contributed by atoms with Crippen LogP contribution in [0.2, 0.25) is 0 Å². The largest absolute Gasteiger partial charge is 0.497 e. The maximum Gasteiger partial charge on any atom is 0.416 e. The number of nitrogens with one attached hydrogen (secondary N) is 3. The monoisotopic (exact) mass is 775 g/mol. The number of halogens is 3. The van der Waals surface area contributed by atoms with Crippen molar-refractivity contribution in [2.24, 2.45) is 5.92 Å². The number of nitrogens with zero attached hydrogens (tertiary/aromatic N) is 2. The van der Waals surface area contributed by atoms with Gasteiger partial charge in [0.25, 0.3) is 11.1 Å². The van der Waals surface area contributed by atoms with Crippen LogP contribution in [-0.2, 0) is 30.6 Å². The predicted octanol–water partition coefficient (Wildman–Crippen LogP) is 5.16. The first kappa shape index (κ1) is 37.0. The normalized spacial score (nSPS) is 26.8. The van der Waals surface area contributed by atoms with Crippen molar-refractivity contribution in [2.75, 3.05) is 19.0 Å². The standard InChI is InChI=1S/C36H40F3N5O7S2/c1-50-24-12-15-27-30(18-24)52-34(41-27)51-25-17-29-31(45)42-35(33(47)43-53(48,49)26-13-14-26)19-22(35)8-5-3-2-4-6-11-28(32(46)44(29)20-25)40-23-10-7-9-21(16-23)36(37,38)39/h5,7-10,12,15-16,18,22,25-26,28-29,40H,2-4,6,11,13-14,17,19-20H2,1H3,(H,42,45)(H,43,47)/t22-,25-,28+,29+,35-/m1/s1. The molecule has 284 valence electrons. The van der Waals surface area contributed by atoms with Crippen molar-refractivity contribution in [3.05, 3.63) is 60.2 Å². The van der Waals surface area contributed by atoms with E-state index in [0.29, 0.717) is 48.6 Å². The van der Waals surface area contributed by atoms with Crippen LogP contribution in [0.5, 0.6) is 10.9 Å². The highest BCUT2D eigenvalue weighted by atomic mass is 32.2. The molecule has 53 heavy (non-hydrogen) atoms.